The van der Waals surface area contributed by atoms with Gasteiger partial charge in [-0.1, -0.05) is 5.92 Å². The molecule has 0 heterocycles. The zero-order chi connectivity index (χ0) is 25.8. The van der Waals surface area contributed by atoms with Gasteiger partial charge in [0.1, 0.15) is 11.4 Å². The van der Waals surface area contributed by atoms with Crippen molar-refractivity contribution in [1.82, 2.24) is 10.0 Å². The molecule has 0 bridgehead atoms. The molecule has 0 aliphatic rings. The highest BCUT2D eigenvalue weighted by Crippen LogP contribution is 2.29. The third kappa shape index (κ3) is 17.9. The van der Waals surface area contributed by atoms with Gasteiger partial charge in [0, 0.05) is 39.2 Å². The van der Waals surface area contributed by atoms with Crippen LogP contribution in [0.5, 0.6) is 5.75 Å². The molecule has 3 N–H and O–H groups in total. The highest BCUT2D eigenvalue weighted by atomic mass is 127. The number of carbonyl (C=O) groups is 1. The standard InChI is InChI=1S/C23H36IN3O6S2/c1-23(2,3)33-22(28)26-9-11-30-13-15-32-16-14-31-12-10-27-35-19-6-7-20(21(18-19)29-4)25-8-5-17-34-24/h6-7,18,25,27H,8-16H2,1-4H3,(H,26,28). The maximum atomic E-state index is 11.5. The summed E-state index contributed by atoms with van der Waals surface area (Å²) >= 11 is 3.67. The number of methoxy groups -OCH3 is 1. The fourth-order valence-electron chi connectivity index (χ4n) is 2.41. The van der Waals surface area contributed by atoms with Crippen LogP contribution < -0.4 is 20.1 Å². The average Bonchev–Trinajstić information content (AvgIpc) is 2.81. The van der Waals surface area contributed by atoms with Crippen molar-refractivity contribution in [3.8, 4) is 16.9 Å². The quantitative estimate of drug-likeness (QED) is 0.0988. The predicted octanol–water partition coefficient (Wildman–Crippen LogP) is 4.32. The number of rotatable bonds is 17. The lowest BCUT2D eigenvalue weighted by molar-refractivity contribution is 0.0150. The van der Waals surface area contributed by atoms with Gasteiger partial charge in [-0.25, -0.2) is 4.79 Å². The second-order valence-corrected chi connectivity index (χ2v) is 10.5. The molecule has 1 amide bonds. The summed E-state index contributed by atoms with van der Waals surface area (Å²) in [5.41, 5.74) is 0.410. The number of nitrogens with one attached hydrogen (secondary N) is 3. The SMILES string of the molecule is COc1cc(SNCCOCCOCCOCCNC(=O)OC(C)(C)C)ccc1NCC#CSI. The van der Waals surface area contributed by atoms with Crippen LogP contribution >= 0.6 is 42.1 Å². The van der Waals surface area contributed by atoms with Crippen molar-refractivity contribution >= 4 is 53.9 Å². The second kappa shape index (κ2) is 20.0. The minimum absolute atomic E-state index is 0.393. The van der Waals surface area contributed by atoms with Gasteiger partial charge in [0.2, 0.25) is 0 Å². The first-order chi connectivity index (χ1) is 16.9. The van der Waals surface area contributed by atoms with Crippen LogP contribution in [0.2, 0.25) is 0 Å². The number of anilines is 1. The van der Waals surface area contributed by atoms with Gasteiger partial charge in [0.25, 0.3) is 0 Å². The van der Waals surface area contributed by atoms with Gasteiger partial charge >= 0.3 is 6.09 Å². The maximum Gasteiger partial charge on any atom is 0.407 e. The zero-order valence-corrected chi connectivity index (χ0v) is 24.5. The van der Waals surface area contributed by atoms with Crippen LogP contribution in [-0.2, 0) is 18.9 Å². The summed E-state index contributed by atoms with van der Waals surface area (Å²) in [6.45, 7) is 10.0. The van der Waals surface area contributed by atoms with Crippen LogP contribution in [0.3, 0.4) is 0 Å². The Morgan fingerprint density at radius 1 is 1.03 bits per heavy atom. The van der Waals surface area contributed by atoms with Gasteiger partial charge in [-0.2, -0.15) is 0 Å². The summed E-state index contributed by atoms with van der Waals surface area (Å²) in [6.07, 6.45) is -0.444. The highest BCUT2D eigenvalue weighted by molar-refractivity contribution is 14.2. The topological polar surface area (TPSA) is 99.3 Å². The van der Waals surface area contributed by atoms with Crippen molar-refractivity contribution in [1.29, 1.82) is 0 Å². The molecule has 35 heavy (non-hydrogen) atoms. The van der Waals surface area contributed by atoms with Gasteiger partial charge < -0.3 is 34.3 Å². The lowest BCUT2D eigenvalue weighted by atomic mass is 10.2. The van der Waals surface area contributed by atoms with Gasteiger partial charge in [0.15, 0.2) is 0 Å². The van der Waals surface area contributed by atoms with Gasteiger partial charge in [-0.3, -0.25) is 4.72 Å². The summed E-state index contributed by atoms with van der Waals surface area (Å²) in [4.78, 5) is 12.5. The van der Waals surface area contributed by atoms with E-state index in [0.717, 1.165) is 16.3 Å². The van der Waals surface area contributed by atoms with Gasteiger partial charge in [-0.05, 0) is 65.1 Å². The van der Waals surface area contributed by atoms with Crippen molar-refractivity contribution in [3.05, 3.63) is 18.2 Å². The third-order valence-electron chi connectivity index (χ3n) is 3.85. The molecule has 12 heteroatoms. The normalized spacial score (nSPS) is 10.9. The van der Waals surface area contributed by atoms with Crippen molar-refractivity contribution < 1.29 is 28.5 Å². The number of halogens is 1. The Bertz CT molecular complexity index is 787. The first-order valence-corrected chi connectivity index (χ1v) is 15.3. The highest BCUT2D eigenvalue weighted by Gasteiger charge is 2.15. The van der Waals surface area contributed by atoms with E-state index >= 15 is 0 Å². The summed E-state index contributed by atoms with van der Waals surface area (Å²) in [5, 5.41) is 8.82. The molecule has 198 valence electrons. The fourth-order valence-corrected chi connectivity index (χ4v) is 3.66. The number of hydrogen-bond acceptors (Lipinski definition) is 10. The Labute approximate surface area is 229 Å². The molecule has 0 saturated heterocycles. The van der Waals surface area contributed by atoms with Crippen molar-refractivity contribution in [2.45, 2.75) is 31.3 Å². The molecule has 0 saturated carbocycles. The minimum atomic E-state index is -0.503. The van der Waals surface area contributed by atoms with E-state index < -0.39 is 11.7 Å². The van der Waals surface area contributed by atoms with E-state index in [2.05, 4.69) is 47.7 Å². The van der Waals surface area contributed by atoms with Crippen LogP contribution in [0, 0.1) is 11.2 Å². The molecule has 0 aromatic heterocycles. The van der Waals surface area contributed by atoms with Gasteiger partial charge in [0.05, 0.1) is 59.0 Å². The largest absolute Gasteiger partial charge is 0.495 e. The van der Waals surface area contributed by atoms with E-state index in [9.17, 15) is 4.79 Å². The molecule has 0 unspecified atom stereocenters. The van der Waals surface area contributed by atoms with Crippen molar-refractivity contribution in [3.63, 3.8) is 0 Å². The first-order valence-electron chi connectivity index (χ1n) is 11.1. The molecule has 0 aliphatic heterocycles. The second-order valence-electron chi connectivity index (χ2n) is 7.83. The van der Waals surface area contributed by atoms with Crippen LogP contribution in [-0.4, -0.2) is 78.1 Å². The minimum Gasteiger partial charge on any atom is -0.495 e. The number of amides is 1. The Morgan fingerprint density at radius 3 is 2.31 bits per heavy atom. The molecule has 0 fully saturated rings. The van der Waals surface area contributed by atoms with Crippen molar-refractivity contribution in [2.75, 3.05) is 71.7 Å². The molecule has 0 radical (unpaired) electrons. The van der Waals surface area contributed by atoms with E-state index in [1.807, 2.05) is 39.0 Å². The lowest BCUT2D eigenvalue weighted by Crippen LogP contribution is -2.34. The summed E-state index contributed by atoms with van der Waals surface area (Å²) in [6, 6.07) is 5.98. The molecule has 0 spiro atoms. The number of ether oxygens (including phenoxy) is 5. The predicted molar refractivity (Wildman–Crippen MR) is 151 cm³/mol. The molecule has 1 aromatic carbocycles. The number of benzene rings is 1. The van der Waals surface area contributed by atoms with Gasteiger partial charge in [-0.15, -0.1) is 0 Å². The average molecular weight is 642 g/mol. The maximum absolute atomic E-state index is 11.5. The number of alkyl carbamates (subject to hydrolysis) is 1. The van der Waals surface area contributed by atoms with Crippen LogP contribution in [0.1, 0.15) is 20.8 Å². The zero-order valence-electron chi connectivity index (χ0n) is 20.7. The Hall–Kier alpha value is -1.08. The molecular formula is C23H36IN3O6S2. The molecule has 0 atom stereocenters. The third-order valence-corrected chi connectivity index (χ3v) is 5.57. The van der Waals surface area contributed by atoms with E-state index in [4.69, 9.17) is 23.7 Å². The molecular weight excluding hydrogens is 605 g/mol. The van der Waals surface area contributed by atoms with Crippen molar-refractivity contribution in [2.24, 2.45) is 0 Å². The van der Waals surface area contributed by atoms with E-state index in [0.29, 0.717) is 59.3 Å². The Balaban J connectivity index is 1.98. The number of hydrogen-bond donors (Lipinski definition) is 3. The Morgan fingerprint density at radius 2 is 1.69 bits per heavy atom. The summed E-state index contributed by atoms with van der Waals surface area (Å²) < 4.78 is 30.3. The number of carbonyl (C=O) groups excluding carboxylic acids is 1. The first kappa shape index (κ1) is 31.9. The smallest absolute Gasteiger partial charge is 0.407 e. The summed E-state index contributed by atoms with van der Waals surface area (Å²) in [7, 11) is 3.12. The molecule has 1 rings (SSSR count). The molecule has 1 aromatic rings. The van der Waals surface area contributed by atoms with Crippen LogP contribution in [0.25, 0.3) is 0 Å². The van der Waals surface area contributed by atoms with Crippen LogP contribution in [0.15, 0.2) is 23.1 Å². The molecule has 9 nitrogen and oxygen atoms in total. The lowest BCUT2D eigenvalue weighted by Gasteiger charge is -2.19. The van der Waals surface area contributed by atoms with Crippen LogP contribution in [0.4, 0.5) is 10.5 Å². The monoisotopic (exact) mass is 641 g/mol. The van der Waals surface area contributed by atoms with E-state index in [1.54, 1.807) is 7.11 Å². The molecule has 0 aliphatic carbocycles. The fraction of sp³-hybridized carbons (Fsp3) is 0.609. The van der Waals surface area contributed by atoms with E-state index in [1.165, 1.54) is 20.9 Å². The van der Waals surface area contributed by atoms with E-state index in [-0.39, 0.29) is 0 Å². The Kier molecular flexibility index (Phi) is 18.3. The summed E-state index contributed by atoms with van der Waals surface area (Å²) in [5.74, 6) is 3.79.